The second-order valence-corrected chi connectivity index (χ2v) is 7.56. The second-order valence-electron chi connectivity index (χ2n) is 7.56. The van der Waals surface area contributed by atoms with Gasteiger partial charge < -0.3 is 0 Å². The molecule has 0 aliphatic carbocycles. The minimum absolute atomic E-state index is 1.09. The zero-order valence-corrected chi connectivity index (χ0v) is 16.9. The number of hydrogen-bond acceptors (Lipinski definition) is 0. The molecule has 0 N–H and O–H groups in total. The summed E-state index contributed by atoms with van der Waals surface area (Å²) in [6.07, 6.45) is 34.5. The number of hydrogen-bond donors (Lipinski definition) is 0. The van der Waals surface area contributed by atoms with Crippen molar-refractivity contribution >= 4 is 0 Å². The second kappa shape index (κ2) is 17.8. The van der Waals surface area contributed by atoms with Crippen molar-refractivity contribution in [3.63, 3.8) is 0 Å². The molecule has 0 aromatic heterocycles. The lowest BCUT2D eigenvalue weighted by molar-refractivity contribution is 0.530. The average Bonchev–Trinajstić information content (AvgIpc) is 3.14. The molecule has 0 atom stereocenters. The fourth-order valence-corrected chi connectivity index (χ4v) is 3.43. The van der Waals surface area contributed by atoms with E-state index in [-0.39, 0.29) is 0 Å². The molecule has 0 spiro atoms. The van der Waals surface area contributed by atoms with Crippen LogP contribution in [0.15, 0.2) is 36.2 Å². The molecular weight excluding hydrogens is 302 g/mol. The van der Waals surface area contributed by atoms with Crippen molar-refractivity contribution in [3.8, 4) is 0 Å². The summed E-state index contributed by atoms with van der Waals surface area (Å²) >= 11 is 0. The first kappa shape index (κ1) is 22.1. The lowest BCUT2D eigenvalue weighted by Crippen LogP contribution is -1.86. The van der Waals surface area contributed by atoms with E-state index in [0.717, 1.165) is 5.70 Å². The summed E-state index contributed by atoms with van der Waals surface area (Å²) in [5.74, 6) is 0. The lowest BCUT2D eigenvalue weighted by atomic mass is 10.0. The summed E-state index contributed by atoms with van der Waals surface area (Å²) < 4.78 is 0. The van der Waals surface area contributed by atoms with Crippen molar-refractivity contribution in [1.82, 2.24) is 5.32 Å². The van der Waals surface area contributed by atoms with E-state index >= 15 is 0 Å². The van der Waals surface area contributed by atoms with E-state index in [9.17, 15) is 0 Å². The first-order chi connectivity index (χ1) is 12.4. The molecule has 1 nitrogen and oxygen atoms in total. The molecule has 1 rings (SSSR count). The van der Waals surface area contributed by atoms with E-state index < -0.39 is 0 Å². The van der Waals surface area contributed by atoms with Crippen LogP contribution in [0.5, 0.6) is 0 Å². The monoisotopic (exact) mass is 344 g/mol. The first-order valence-corrected chi connectivity index (χ1v) is 11.2. The van der Waals surface area contributed by atoms with Crippen molar-refractivity contribution in [1.29, 1.82) is 0 Å². The Morgan fingerprint density at radius 2 is 1.16 bits per heavy atom. The molecule has 1 heterocycles. The molecule has 143 valence electrons. The maximum atomic E-state index is 4.24. The molecule has 1 aliphatic heterocycles. The van der Waals surface area contributed by atoms with E-state index in [0.29, 0.717) is 0 Å². The molecule has 0 bridgehead atoms. The third-order valence-corrected chi connectivity index (χ3v) is 5.09. The Hall–Kier alpha value is -0.980. The lowest BCUT2D eigenvalue weighted by Gasteiger charge is -2.03. The van der Waals surface area contributed by atoms with Crippen LogP contribution >= 0.6 is 0 Å². The SMILES string of the molecule is CCCCCCCCCCCCCCCCCC/C=C/C1=CC=C[N]1. The van der Waals surface area contributed by atoms with E-state index in [2.05, 4.69) is 30.5 Å². The Bertz CT molecular complexity index is 364. The summed E-state index contributed by atoms with van der Waals surface area (Å²) in [6, 6.07) is 0. The van der Waals surface area contributed by atoms with Gasteiger partial charge in [-0.15, -0.1) is 0 Å². The minimum Gasteiger partial charge on any atom is -0.257 e. The summed E-state index contributed by atoms with van der Waals surface area (Å²) in [4.78, 5) is 0. The van der Waals surface area contributed by atoms with E-state index in [1.807, 2.05) is 12.3 Å². The molecule has 0 saturated carbocycles. The van der Waals surface area contributed by atoms with Crippen LogP contribution in [-0.4, -0.2) is 0 Å². The van der Waals surface area contributed by atoms with Gasteiger partial charge >= 0.3 is 0 Å². The first-order valence-electron chi connectivity index (χ1n) is 11.2. The number of rotatable bonds is 18. The third-order valence-electron chi connectivity index (χ3n) is 5.09. The maximum Gasteiger partial charge on any atom is 0.0626 e. The molecule has 0 aromatic carbocycles. The summed E-state index contributed by atoms with van der Waals surface area (Å²) in [7, 11) is 0. The van der Waals surface area contributed by atoms with Crippen molar-refractivity contribution < 1.29 is 0 Å². The molecule has 0 saturated heterocycles. The van der Waals surface area contributed by atoms with Crippen LogP contribution in [0.2, 0.25) is 0 Å². The fraction of sp³-hybridized carbons (Fsp3) is 0.750. The maximum absolute atomic E-state index is 4.24. The standard InChI is InChI=1S/C24H42N/c1-2-3-4-5-6-7-8-9-10-11-12-13-14-15-16-17-18-19-21-24-22-20-23-25-24/h19-23H,2-18H2,1H3/b21-19+. The van der Waals surface area contributed by atoms with Gasteiger partial charge in [-0.05, 0) is 31.1 Å². The molecule has 0 fully saturated rings. The Labute approximate surface area is 158 Å². The van der Waals surface area contributed by atoms with Gasteiger partial charge in [-0.1, -0.05) is 109 Å². The van der Waals surface area contributed by atoms with Gasteiger partial charge in [-0.25, -0.2) is 0 Å². The van der Waals surface area contributed by atoms with Crippen molar-refractivity contribution in [3.05, 3.63) is 36.2 Å². The van der Waals surface area contributed by atoms with Crippen LogP contribution in [0.25, 0.3) is 0 Å². The summed E-state index contributed by atoms with van der Waals surface area (Å²) in [6.45, 7) is 2.29. The molecule has 25 heavy (non-hydrogen) atoms. The molecule has 1 radical (unpaired) electrons. The van der Waals surface area contributed by atoms with Gasteiger partial charge in [0.2, 0.25) is 0 Å². The van der Waals surface area contributed by atoms with E-state index in [1.165, 1.54) is 109 Å². The highest BCUT2D eigenvalue weighted by Crippen LogP contribution is 2.14. The highest BCUT2D eigenvalue weighted by molar-refractivity contribution is 5.28. The zero-order valence-electron chi connectivity index (χ0n) is 16.9. The van der Waals surface area contributed by atoms with Crippen LogP contribution in [0.4, 0.5) is 0 Å². The Morgan fingerprint density at radius 1 is 0.680 bits per heavy atom. The molecule has 0 unspecified atom stereocenters. The largest absolute Gasteiger partial charge is 0.257 e. The van der Waals surface area contributed by atoms with Gasteiger partial charge in [0.05, 0.1) is 5.70 Å². The van der Waals surface area contributed by atoms with Crippen molar-refractivity contribution in [2.45, 2.75) is 116 Å². The van der Waals surface area contributed by atoms with Crippen LogP contribution in [0, 0.1) is 0 Å². The Morgan fingerprint density at radius 3 is 1.60 bits per heavy atom. The molecule has 1 aliphatic rings. The number of allylic oxidation sites excluding steroid dienone is 4. The van der Waals surface area contributed by atoms with Gasteiger partial charge in [0.15, 0.2) is 0 Å². The smallest absolute Gasteiger partial charge is 0.0626 e. The molecule has 0 aromatic rings. The van der Waals surface area contributed by atoms with Crippen LogP contribution in [0.1, 0.15) is 116 Å². The number of nitrogens with zero attached hydrogens (tertiary/aromatic N) is 1. The van der Waals surface area contributed by atoms with Gasteiger partial charge in [-0.2, -0.15) is 0 Å². The zero-order chi connectivity index (χ0) is 17.8. The highest BCUT2D eigenvalue weighted by Gasteiger charge is 1.95. The van der Waals surface area contributed by atoms with Gasteiger partial charge in [0.1, 0.15) is 0 Å². The summed E-state index contributed by atoms with van der Waals surface area (Å²) in [5, 5.41) is 4.24. The quantitative estimate of drug-likeness (QED) is 0.222. The average molecular weight is 345 g/mol. The van der Waals surface area contributed by atoms with E-state index in [1.54, 1.807) is 0 Å². The normalized spacial score (nSPS) is 13.6. The predicted molar refractivity (Wildman–Crippen MR) is 113 cm³/mol. The topological polar surface area (TPSA) is 14.1 Å². The van der Waals surface area contributed by atoms with Gasteiger partial charge in [-0.3, -0.25) is 5.32 Å². The van der Waals surface area contributed by atoms with Crippen LogP contribution in [0.3, 0.4) is 0 Å². The van der Waals surface area contributed by atoms with Crippen molar-refractivity contribution in [2.75, 3.05) is 0 Å². The number of unbranched alkanes of at least 4 members (excludes halogenated alkanes) is 16. The third kappa shape index (κ3) is 15.0. The van der Waals surface area contributed by atoms with Crippen LogP contribution < -0.4 is 5.32 Å². The fourth-order valence-electron chi connectivity index (χ4n) is 3.43. The highest BCUT2D eigenvalue weighted by atomic mass is 14.9. The Kier molecular flexibility index (Phi) is 15.7. The predicted octanol–water partition coefficient (Wildman–Crippen LogP) is 8.21. The summed E-state index contributed by atoms with van der Waals surface area (Å²) in [5.41, 5.74) is 1.09. The van der Waals surface area contributed by atoms with Crippen LogP contribution in [-0.2, 0) is 0 Å². The molecular formula is C24H42N. The van der Waals surface area contributed by atoms with E-state index in [4.69, 9.17) is 0 Å². The van der Waals surface area contributed by atoms with Crippen molar-refractivity contribution in [2.24, 2.45) is 0 Å². The van der Waals surface area contributed by atoms with Gasteiger partial charge in [0.25, 0.3) is 0 Å². The Balaban J connectivity index is 1.68. The molecule has 1 heteroatoms. The molecule has 0 amide bonds. The minimum atomic E-state index is 1.09. The van der Waals surface area contributed by atoms with Gasteiger partial charge in [0, 0.05) is 6.20 Å².